The maximum absolute atomic E-state index is 12.5. The number of carbonyl (C=O) groups excluding carboxylic acids is 3. The van der Waals surface area contributed by atoms with E-state index in [0.29, 0.717) is 5.56 Å². The number of carboxylic acids is 1. The van der Waals surface area contributed by atoms with E-state index in [1.165, 1.54) is 19.1 Å². The highest BCUT2D eigenvalue weighted by Crippen LogP contribution is 2.11. The third kappa shape index (κ3) is 8.18. The molecule has 0 saturated carbocycles. The molecule has 0 bridgehead atoms. The normalized spacial score (nSPS) is 13.8. The molecular formula is C19H28N4O6. The number of carbonyl (C=O) groups is 4. The minimum absolute atomic E-state index is 0.0594. The standard InChI is InChI=1S/C19H28N4O6/c1-10(2)16(19(28)29)23-15(25)9-21-18(27)14(22-17(26)11(3)20)8-12-4-6-13(24)7-5-12/h4-7,10-11,14,16,24H,8-9,20H2,1-3H3,(H,21,27)(H,22,26)(H,23,25)(H,28,29). The number of aromatic hydroxyl groups is 1. The van der Waals surface area contributed by atoms with Crippen LogP contribution in [-0.4, -0.2) is 58.6 Å². The maximum atomic E-state index is 12.5. The zero-order valence-corrected chi connectivity index (χ0v) is 16.6. The molecular weight excluding hydrogens is 380 g/mol. The summed E-state index contributed by atoms with van der Waals surface area (Å²) in [5.74, 6) is -3.28. The summed E-state index contributed by atoms with van der Waals surface area (Å²) in [4.78, 5) is 47.6. The molecule has 29 heavy (non-hydrogen) atoms. The first-order valence-corrected chi connectivity index (χ1v) is 9.15. The number of hydrogen-bond donors (Lipinski definition) is 6. The van der Waals surface area contributed by atoms with E-state index in [0.717, 1.165) is 0 Å². The maximum Gasteiger partial charge on any atom is 0.326 e. The van der Waals surface area contributed by atoms with Crippen LogP contribution in [0.2, 0.25) is 0 Å². The van der Waals surface area contributed by atoms with Gasteiger partial charge in [0, 0.05) is 6.42 Å². The highest BCUT2D eigenvalue weighted by atomic mass is 16.4. The van der Waals surface area contributed by atoms with Gasteiger partial charge in [0.2, 0.25) is 17.7 Å². The molecule has 0 radical (unpaired) electrons. The van der Waals surface area contributed by atoms with Crippen molar-refractivity contribution < 1.29 is 29.4 Å². The van der Waals surface area contributed by atoms with Gasteiger partial charge in [-0.2, -0.15) is 0 Å². The van der Waals surface area contributed by atoms with Crippen LogP contribution in [0.4, 0.5) is 0 Å². The SMILES string of the molecule is CC(N)C(=O)NC(Cc1ccc(O)cc1)C(=O)NCC(=O)NC(C(=O)O)C(C)C. The van der Waals surface area contributed by atoms with Crippen LogP contribution in [0.25, 0.3) is 0 Å². The van der Waals surface area contributed by atoms with Crippen LogP contribution in [0.5, 0.6) is 5.75 Å². The van der Waals surface area contributed by atoms with Gasteiger partial charge in [0.25, 0.3) is 0 Å². The number of amides is 3. The average Bonchev–Trinajstić information content (AvgIpc) is 2.64. The summed E-state index contributed by atoms with van der Waals surface area (Å²) in [6, 6.07) is 3.17. The molecule has 0 aromatic heterocycles. The number of nitrogens with one attached hydrogen (secondary N) is 3. The lowest BCUT2D eigenvalue weighted by atomic mass is 10.0. The van der Waals surface area contributed by atoms with Crippen LogP contribution < -0.4 is 21.7 Å². The minimum Gasteiger partial charge on any atom is -0.508 e. The topological polar surface area (TPSA) is 171 Å². The van der Waals surface area contributed by atoms with Crippen LogP contribution in [0.3, 0.4) is 0 Å². The van der Waals surface area contributed by atoms with Gasteiger partial charge < -0.3 is 31.9 Å². The number of nitrogens with two attached hydrogens (primary N) is 1. The predicted octanol–water partition coefficient (Wildman–Crippen LogP) is -0.892. The fourth-order valence-corrected chi connectivity index (χ4v) is 2.41. The van der Waals surface area contributed by atoms with Gasteiger partial charge in [-0.15, -0.1) is 0 Å². The molecule has 0 saturated heterocycles. The number of rotatable bonds is 10. The molecule has 3 amide bonds. The van der Waals surface area contributed by atoms with Crippen molar-refractivity contribution in [2.45, 2.75) is 45.3 Å². The van der Waals surface area contributed by atoms with Crippen molar-refractivity contribution in [3.63, 3.8) is 0 Å². The van der Waals surface area contributed by atoms with Gasteiger partial charge in [0.05, 0.1) is 12.6 Å². The van der Waals surface area contributed by atoms with E-state index in [-0.39, 0.29) is 18.1 Å². The summed E-state index contributed by atoms with van der Waals surface area (Å²) in [6.07, 6.45) is 0.107. The third-order valence-corrected chi connectivity index (χ3v) is 4.10. The Bertz CT molecular complexity index is 733. The first-order chi connectivity index (χ1) is 13.5. The summed E-state index contributed by atoms with van der Waals surface area (Å²) in [6.45, 7) is 4.31. The monoisotopic (exact) mass is 408 g/mol. The molecule has 1 aromatic rings. The van der Waals surface area contributed by atoms with Gasteiger partial charge in [0.1, 0.15) is 17.8 Å². The Morgan fingerprint density at radius 2 is 1.59 bits per heavy atom. The number of aliphatic carboxylic acids is 1. The third-order valence-electron chi connectivity index (χ3n) is 4.10. The molecule has 0 fully saturated rings. The van der Waals surface area contributed by atoms with E-state index in [1.807, 2.05) is 0 Å². The van der Waals surface area contributed by atoms with Crippen molar-refractivity contribution in [3.05, 3.63) is 29.8 Å². The van der Waals surface area contributed by atoms with Crippen molar-refractivity contribution in [3.8, 4) is 5.75 Å². The summed E-state index contributed by atoms with van der Waals surface area (Å²) in [7, 11) is 0. The summed E-state index contributed by atoms with van der Waals surface area (Å²) >= 11 is 0. The van der Waals surface area contributed by atoms with Crippen molar-refractivity contribution in [1.82, 2.24) is 16.0 Å². The molecule has 1 rings (SSSR count). The van der Waals surface area contributed by atoms with Gasteiger partial charge in [-0.05, 0) is 30.5 Å². The Labute approximate surface area is 168 Å². The van der Waals surface area contributed by atoms with E-state index in [1.54, 1.807) is 26.0 Å². The Morgan fingerprint density at radius 1 is 1.00 bits per heavy atom. The number of benzene rings is 1. The lowest BCUT2D eigenvalue weighted by Crippen LogP contribution is -2.54. The fraction of sp³-hybridized carbons (Fsp3) is 0.474. The highest BCUT2D eigenvalue weighted by molar-refractivity contribution is 5.92. The van der Waals surface area contributed by atoms with Crippen molar-refractivity contribution in [2.75, 3.05) is 6.54 Å². The molecule has 0 heterocycles. The van der Waals surface area contributed by atoms with Crippen molar-refractivity contribution in [1.29, 1.82) is 0 Å². The van der Waals surface area contributed by atoms with Crippen molar-refractivity contribution in [2.24, 2.45) is 11.7 Å². The molecule has 3 atom stereocenters. The Morgan fingerprint density at radius 3 is 2.07 bits per heavy atom. The smallest absolute Gasteiger partial charge is 0.326 e. The largest absolute Gasteiger partial charge is 0.508 e. The molecule has 3 unspecified atom stereocenters. The van der Waals surface area contributed by atoms with E-state index < -0.39 is 48.4 Å². The van der Waals surface area contributed by atoms with Gasteiger partial charge in [0.15, 0.2) is 0 Å². The zero-order valence-electron chi connectivity index (χ0n) is 16.6. The number of phenolic OH excluding ortho intramolecular Hbond substituents is 1. The van der Waals surface area contributed by atoms with Gasteiger partial charge in [-0.1, -0.05) is 26.0 Å². The zero-order chi connectivity index (χ0) is 22.1. The summed E-state index contributed by atoms with van der Waals surface area (Å²) in [5.41, 5.74) is 6.20. The van der Waals surface area contributed by atoms with E-state index in [4.69, 9.17) is 10.8 Å². The first kappa shape index (κ1) is 23.9. The van der Waals surface area contributed by atoms with Crippen molar-refractivity contribution >= 4 is 23.7 Å². The van der Waals surface area contributed by atoms with E-state index in [2.05, 4.69) is 16.0 Å². The van der Waals surface area contributed by atoms with Gasteiger partial charge >= 0.3 is 5.97 Å². The first-order valence-electron chi connectivity index (χ1n) is 9.15. The minimum atomic E-state index is -1.17. The second-order valence-electron chi connectivity index (χ2n) is 7.07. The fourth-order valence-electron chi connectivity index (χ4n) is 2.41. The Balaban J connectivity index is 2.77. The highest BCUT2D eigenvalue weighted by Gasteiger charge is 2.26. The number of hydrogen-bond acceptors (Lipinski definition) is 6. The second kappa shape index (κ2) is 11.0. The van der Waals surface area contributed by atoms with Gasteiger partial charge in [-0.25, -0.2) is 4.79 Å². The Kier molecular flexibility index (Phi) is 9.07. The van der Waals surface area contributed by atoms with Crippen LogP contribution in [0.1, 0.15) is 26.3 Å². The predicted molar refractivity (Wildman–Crippen MR) is 105 cm³/mol. The molecule has 7 N–H and O–H groups in total. The second-order valence-corrected chi connectivity index (χ2v) is 7.07. The van der Waals surface area contributed by atoms with Crippen LogP contribution in [0.15, 0.2) is 24.3 Å². The Hall–Kier alpha value is -3.14. The molecule has 0 aliphatic heterocycles. The molecule has 10 heteroatoms. The van der Waals surface area contributed by atoms with Crippen LogP contribution >= 0.6 is 0 Å². The lowest BCUT2D eigenvalue weighted by molar-refractivity contribution is -0.143. The van der Waals surface area contributed by atoms with Gasteiger partial charge in [-0.3, -0.25) is 14.4 Å². The molecule has 0 aliphatic carbocycles. The summed E-state index contributed by atoms with van der Waals surface area (Å²) in [5, 5.41) is 25.7. The number of carboxylic acid groups (broad SMARTS) is 1. The van der Waals surface area contributed by atoms with Crippen LogP contribution in [0, 0.1) is 5.92 Å². The molecule has 0 aliphatic rings. The lowest BCUT2D eigenvalue weighted by Gasteiger charge is -2.21. The van der Waals surface area contributed by atoms with E-state index >= 15 is 0 Å². The molecule has 160 valence electrons. The molecule has 1 aromatic carbocycles. The average molecular weight is 408 g/mol. The molecule has 0 spiro atoms. The van der Waals surface area contributed by atoms with E-state index in [9.17, 15) is 24.3 Å². The molecule has 10 nitrogen and oxygen atoms in total. The summed E-state index contributed by atoms with van der Waals surface area (Å²) < 4.78 is 0. The van der Waals surface area contributed by atoms with Crippen LogP contribution in [-0.2, 0) is 25.6 Å². The number of phenols is 1. The quantitative estimate of drug-likeness (QED) is 0.291.